The minimum Gasteiger partial charge on any atom is -0.296 e. The molecule has 10 heavy (non-hydrogen) atoms. The normalized spacial score (nSPS) is 8.50. The third-order valence-electron chi connectivity index (χ3n) is 1.24. The van der Waals surface area contributed by atoms with Crippen LogP contribution in [0.3, 0.4) is 0 Å². The largest absolute Gasteiger partial charge is 0.506 e. The van der Waals surface area contributed by atoms with Crippen molar-refractivity contribution in [1.29, 1.82) is 0 Å². The van der Waals surface area contributed by atoms with Crippen molar-refractivity contribution in [2.24, 2.45) is 0 Å². The van der Waals surface area contributed by atoms with Crippen molar-refractivity contribution in [3.8, 4) is 0 Å². The molecule has 0 saturated heterocycles. The molecule has 0 fully saturated rings. The van der Waals surface area contributed by atoms with E-state index in [2.05, 4.69) is 25.0 Å². The number of thiocarbonyl (C=S) groups is 1. The lowest BCUT2D eigenvalue weighted by molar-refractivity contribution is 1.74. The highest BCUT2D eigenvalue weighted by Gasteiger charge is 1.93. The van der Waals surface area contributed by atoms with Crippen LogP contribution in [0.1, 0.15) is 5.56 Å². The van der Waals surface area contributed by atoms with Crippen LogP contribution >= 0.6 is 25.1 Å². The molecular formula is C7H5BrMgS. The monoisotopic (exact) mass is 224 g/mol. The zero-order valence-electron chi connectivity index (χ0n) is 5.38. The first-order valence-electron chi connectivity index (χ1n) is 2.97. The van der Waals surface area contributed by atoms with Crippen molar-refractivity contribution in [2.75, 3.05) is 0 Å². The molecule has 0 aliphatic rings. The van der Waals surface area contributed by atoms with E-state index >= 15 is 0 Å². The van der Waals surface area contributed by atoms with E-state index < -0.39 is 0 Å². The molecule has 0 aliphatic heterocycles. The van der Waals surface area contributed by atoms with E-state index in [0.29, 0.717) is 0 Å². The summed E-state index contributed by atoms with van der Waals surface area (Å²) < 4.78 is 1.40. The van der Waals surface area contributed by atoms with Gasteiger partial charge >= 0.3 is 18.2 Å². The van der Waals surface area contributed by atoms with Crippen LogP contribution in [0.5, 0.6) is 0 Å². The van der Waals surface area contributed by atoms with Gasteiger partial charge in [-0.2, -0.15) is 3.69 Å². The van der Waals surface area contributed by atoms with Gasteiger partial charge in [-0.1, -0.05) is 36.5 Å². The van der Waals surface area contributed by atoms with Gasteiger partial charge < -0.3 is 0 Å². The molecule has 0 bridgehead atoms. The average molecular weight is 225 g/mol. The maximum absolute atomic E-state index is 4.80. The van der Waals surface area contributed by atoms with E-state index in [1.807, 2.05) is 12.1 Å². The van der Waals surface area contributed by atoms with Crippen molar-refractivity contribution in [3.05, 3.63) is 29.8 Å². The Morgan fingerprint density at radius 2 is 2.30 bits per heavy atom. The van der Waals surface area contributed by atoms with Gasteiger partial charge in [-0.25, -0.2) is 0 Å². The fraction of sp³-hybridized carbons (Fsp3) is 0. The predicted molar refractivity (Wildman–Crippen MR) is 53.5 cm³/mol. The molecule has 0 unspecified atom stereocenters. The number of hydrogen-bond acceptors (Lipinski definition) is 1. The molecule has 0 heterocycles. The lowest BCUT2D eigenvalue weighted by atomic mass is 10.2. The summed E-state index contributed by atoms with van der Waals surface area (Å²) in [6, 6.07) is 8.33. The fourth-order valence-electron chi connectivity index (χ4n) is 0.750. The van der Waals surface area contributed by atoms with E-state index in [1.54, 1.807) is 5.37 Å². The molecule has 0 atom stereocenters. The highest BCUT2D eigenvalue weighted by Crippen LogP contribution is 1.92. The summed E-state index contributed by atoms with van der Waals surface area (Å²) in [6.07, 6.45) is 0. The second kappa shape index (κ2) is 4.44. The SMILES string of the molecule is S=Cc1ccc[c]([Mg][Br])c1. The predicted octanol–water partition coefficient (Wildman–Crippen LogP) is 1.67. The Balaban J connectivity index is 2.98. The van der Waals surface area contributed by atoms with Crippen LogP contribution in [0.4, 0.5) is 0 Å². The topological polar surface area (TPSA) is 0 Å². The van der Waals surface area contributed by atoms with E-state index in [1.165, 1.54) is 3.69 Å². The first-order valence-corrected chi connectivity index (χ1v) is 8.04. The molecule has 0 aromatic heterocycles. The zero-order chi connectivity index (χ0) is 7.40. The van der Waals surface area contributed by atoms with Crippen molar-refractivity contribution < 1.29 is 0 Å². The molecule has 0 amide bonds. The number of hydrogen-bond donors (Lipinski definition) is 0. The smallest absolute Gasteiger partial charge is 0.296 e. The molecule has 0 saturated carbocycles. The Morgan fingerprint density at radius 3 is 2.90 bits per heavy atom. The summed E-state index contributed by atoms with van der Waals surface area (Å²) in [6.45, 7) is 0. The second-order valence-corrected chi connectivity index (χ2v) is 5.00. The fourth-order valence-corrected chi connectivity index (χ4v) is 2.48. The summed E-state index contributed by atoms with van der Waals surface area (Å²) in [5.74, 6) is 0. The highest BCUT2D eigenvalue weighted by atomic mass is 79.9. The molecule has 1 rings (SSSR count). The van der Waals surface area contributed by atoms with Crippen molar-refractivity contribution in [2.45, 2.75) is 0 Å². The molecule has 0 radical (unpaired) electrons. The zero-order valence-corrected chi connectivity index (χ0v) is 9.20. The molecule has 0 aliphatic carbocycles. The Morgan fingerprint density at radius 1 is 1.50 bits per heavy atom. The van der Waals surface area contributed by atoms with E-state index in [-0.39, 0.29) is 18.2 Å². The van der Waals surface area contributed by atoms with E-state index in [4.69, 9.17) is 12.2 Å². The Labute approximate surface area is 81.6 Å². The van der Waals surface area contributed by atoms with Crippen LogP contribution in [0.2, 0.25) is 0 Å². The minimum atomic E-state index is -0.193. The van der Waals surface area contributed by atoms with Gasteiger partial charge in [0.05, 0.1) is 0 Å². The Hall–Kier alpha value is 0.556. The van der Waals surface area contributed by atoms with Gasteiger partial charge in [-0.3, -0.25) is 12.9 Å². The lowest BCUT2D eigenvalue weighted by Crippen LogP contribution is -2.07. The van der Waals surface area contributed by atoms with Crippen molar-refractivity contribution in [3.63, 3.8) is 0 Å². The quantitative estimate of drug-likeness (QED) is 0.545. The van der Waals surface area contributed by atoms with Crippen LogP contribution in [-0.2, 0) is 0 Å². The third kappa shape index (κ3) is 2.31. The van der Waals surface area contributed by atoms with Gasteiger partial charge in [-0.05, 0) is 5.56 Å². The van der Waals surface area contributed by atoms with Gasteiger partial charge in [-0.15, -0.1) is 0 Å². The van der Waals surface area contributed by atoms with Gasteiger partial charge in [0.15, 0.2) is 0 Å². The van der Waals surface area contributed by atoms with E-state index in [9.17, 15) is 0 Å². The second-order valence-electron chi connectivity index (χ2n) is 2.00. The summed E-state index contributed by atoms with van der Waals surface area (Å²) in [7, 11) is 0. The first kappa shape index (κ1) is 8.65. The Kier molecular flexibility index (Phi) is 3.84. The number of rotatable bonds is 2. The lowest BCUT2D eigenvalue weighted by Gasteiger charge is -1.94. The van der Waals surface area contributed by atoms with Crippen LogP contribution in [0, 0.1) is 0 Å². The standard InChI is InChI=1S/C7H5S.BrH.Mg/c8-6-7-4-2-1-3-5-7;;/h1-2,4-6H;1H;/q;;+1/p-1. The van der Waals surface area contributed by atoms with Crippen LogP contribution in [-0.4, -0.2) is 23.6 Å². The van der Waals surface area contributed by atoms with Crippen molar-refractivity contribution in [1.82, 2.24) is 0 Å². The summed E-state index contributed by atoms with van der Waals surface area (Å²) in [5, 5.41) is 1.71. The van der Waals surface area contributed by atoms with Crippen LogP contribution in [0.25, 0.3) is 0 Å². The van der Waals surface area contributed by atoms with Gasteiger partial charge in [0, 0.05) is 5.37 Å². The highest BCUT2D eigenvalue weighted by molar-refractivity contribution is 9.23. The molecule has 1 aromatic rings. The molecule has 0 spiro atoms. The average Bonchev–Trinajstić information content (AvgIpc) is 2.05. The summed E-state index contributed by atoms with van der Waals surface area (Å²) >= 11 is 8.12. The first-order chi connectivity index (χ1) is 4.86. The molecular weight excluding hydrogens is 220 g/mol. The molecule has 0 N–H and O–H groups in total. The summed E-state index contributed by atoms with van der Waals surface area (Å²) in [5.41, 5.74) is 1.14. The van der Waals surface area contributed by atoms with E-state index in [0.717, 1.165) is 5.56 Å². The number of halogens is 1. The van der Waals surface area contributed by atoms with Crippen LogP contribution < -0.4 is 3.69 Å². The van der Waals surface area contributed by atoms with Gasteiger partial charge in [0.1, 0.15) is 0 Å². The van der Waals surface area contributed by atoms with Gasteiger partial charge in [0.2, 0.25) is 0 Å². The maximum Gasteiger partial charge on any atom is 0.506 e. The maximum atomic E-state index is 4.80. The number of benzene rings is 1. The molecule has 1 aromatic carbocycles. The van der Waals surface area contributed by atoms with Crippen molar-refractivity contribution >= 4 is 52.4 Å². The Bertz CT molecular complexity index is 237. The van der Waals surface area contributed by atoms with Crippen LogP contribution in [0.15, 0.2) is 24.3 Å². The summed E-state index contributed by atoms with van der Waals surface area (Å²) in [4.78, 5) is 0. The minimum absolute atomic E-state index is 0.193. The third-order valence-corrected chi connectivity index (χ3v) is 4.20. The molecule has 3 heteroatoms. The molecule has 0 nitrogen and oxygen atoms in total. The van der Waals surface area contributed by atoms with Gasteiger partial charge in [0.25, 0.3) is 0 Å². The molecule has 48 valence electrons.